The predicted octanol–water partition coefficient (Wildman–Crippen LogP) is 2.80. The molecule has 0 radical (unpaired) electrons. The number of carbonyl (C=O) groups is 1. The number of benzene rings is 1. The average Bonchev–Trinajstić information content (AvgIpc) is 2.75. The third kappa shape index (κ3) is 2.75. The Labute approximate surface area is 105 Å². The number of thioether (sulfide) groups is 1. The van der Waals surface area contributed by atoms with Gasteiger partial charge in [-0.05, 0) is 13.0 Å². The molecule has 92 valence electrons. The number of para-hydroxylation sites is 1. The van der Waals surface area contributed by atoms with Gasteiger partial charge in [-0.15, -0.1) is 11.8 Å². The summed E-state index contributed by atoms with van der Waals surface area (Å²) in [6, 6.07) is 7.92. The van der Waals surface area contributed by atoms with Crippen molar-refractivity contribution in [1.82, 2.24) is 0 Å². The molecule has 1 aliphatic rings. The molecule has 0 spiro atoms. The summed E-state index contributed by atoms with van der Waals surface area (Å²) < 4.78 is 10.3. The molecule has 0 bridgehead atoms. The molecule has 2 rings (SSSR count). The molecule has 1 heterocycles. The lowest BCUT2D eigenvalue weighted by Crippen LogP contribution is -2.11. The molecular formula is C13H16O3S. The maximum absolute atomic E-state index is 11.4. The molecule has 0 amide bonds. The van der Waals surface area contributed by atoms with Crippen LogP contribution >= 0.6 is 11.8 Å². The van der Waals surface area contributed by atoms with E-state index in [0.717, 1.165) is 17.7 Å². The highest BCUT2D eigenvalue weighted by molar-refractivity contribution is 8.00. The first-order valence-corrected chi connectivity index (χ1v) is 6.61. The molecule has 1 aliphatic heterocycles. The number of rotatable bonds is 4. The van der Waals surface area contributed by atoms with Crippen molar-refractivity contribution in [3.63, 3.8) is 0 Å². The highest BCUT2D eigenvalue weighted by Crippen LogP contribution is 2.39. The van der Waals surface area contributed by atoms with E-state index in [1.165, 1.54) is 0 Å². The molecule has 2 atom stereocenters. The van der Waals surface area contributed by atoms with Crippen LogP contribution in [0.4, 0.5) is 0 Å². The van der Waals surface area contributed by atoms with Crippen molar-refractivity contribution >= 4 is 17.7 Å². The van der Waals surface area contributed by atoms with Crippen LogP contribution in [0.15, 0.2) is 24.3 Å². The SMILES string of the molecule is COc1ccccc1C(C)SC1CCOC1=O. The van der Waals surface area contributed by atoms with Crippen molar-refractivity contribution in [3.05, 3.63) is 29.8 Å². The van der Waals surface area contributed by atoms with Crippen LogP contribution in [0.1, 0.15) is 24.2 Å². The van der Waals surface area contributed by atoms with Gasteiger partial charge in [-0.3, -0.25) is 4.79 Å². The molecule has 0 aromatic heterocycles. The monoisotopic (exact) mass is 252 g/mol. The molecule has 0 saturated carbocycles. The van der Waals surface area contributed by atoms with Crippen LogP contribution in [-0.4, -0.2) is 24.9 Å². The Morgan fingerprint density at radius 3 is 2.88 bits per heavy atom. The van der Waals surface area contributed by atoms with E-state index >= 15 is 0 Å². The van der Waals surface area contributed by atoms with Gasteiger partial charge in [-0.2, -0.15) is 0 Å². The predicted molar refractivity (Wildman–Crippen MR) is 68.4 cm³/mol. The van der Waals surface area contributed by atoms with Crippen molar-refractivity contribution in [1.29, 1.82) is 0 Å². The van der Waals surface area contributed by atoms with E-state index in [-0.39, 0.29) is 16.5 Å². The summed E-state index contributed by atoms with van der Waals surface area (Å²) in [4.78, 5) is 11.4. The van der Waals surface area contributed by atoms with Gasteiger partial charge in [0.2, 0.25) is 0 Å². The number of methoxy groups -OCH3 is 1. The molecule has 0 N–H and O–H groups in total. The van der Waals surface area contributed by atoms with Crippen molar-refractivity contribution in [3.8, 4) is 5.75 Å². The lowest BCUT2D eigenvalue weighted by Gasteiger charge is -2.17. The molecule has 1 saturated heterocycles. The first kappa shape index (κ1) is 12.3. The summed E-state index contributed by atoms with van der Waals surface area (Å²) in [5.41, 5.74) is 1.12. The Morgan fingerprint density at radius 1 is 1.47 bits per heavy atom. The van der Waals surface area contributed by atoms with Crippen molar-refractivity contribution in [2.45, 2.75) is 23.8 Å². The van der Waals surface area contributed by atoms with Crippen LogP contribution in [0, 0.1) is 0 Å². The van der Waals surface area contributed by atoms with E-state index in [1.807, 2.05) is 24.3 Å². The lowest BCUT2D eigenvalue weighted by molar-refractivity contribution is -0.137. The molecule has 1 aromatic rings. The second kappa shape index (κ2) is 5.45. The van der Waals surface area contributed by atoms with Crippen LogP contribution in [0.3, 0.4) is 0 Å². The number of hydrogen-bond acceptors (Lipinski definition) is 4. The number of ether oxygens (including phenoxy) is 2. The summed E-state index contributed by atoms with van der Waals surface area (Å²) in [5.74, 6) is 0.788. The van der Waals surface area contributed by atoms with Gasteiger partial charge in [0.1, 0.15) is 11.0 Å². The lowest BCUT2D eigenvalue weighted by atomic mass is 10.1. The molecule has 4 heteroatoms. The van der Waals surface area contributed by atoms with Crippen LogP contribution in [0.25, 0.3) is 0 Å². The largest absolute Gasteiger partial charge is 0.496 e. The molecule has 1 fully saturated rings. The molecule has 3 nitrogen and oxygen atoms in total. The quantitative estimate of drug-likeness (QED) is 0.772. The van der Waals surface area contributed by atoms with E-state index in [1.54, 1.807) is 18.9 Å². The van der Waals surface area contributed by atoms with Gasteiger partial charge >= 0.3 is 5.97 Å². The fraction of sp³-hybridized carbons (Fsp3) is 0.462. The van der Waals surface area contributed by atoms with Crippen molar-refractivity contribution in [2.75, 3.05) is 13.7 Å². The van der Waals surface area contributed by atoms with E-state index in [4.69, 9.17) is 9.47 Å². The molecular weight excluding hydrogens is 236 g/mol. The highest BCUT2D eigenvalue weighted by atomic mass is 32.2. The minimum Gasteiger partial charge on any atom is -0.496 e. The van der Waals surface area contributed by atoms with Crippen LogP contribution < -0.4 is 4.74 Å². The fourth-order valence-corrected chi connectivity index (χ4v) is 3.17. The number of cyclic esters (lactones) is 1. The van der Waals surface area contributed by atoms with Gasteiger partial charge in [0.25, 0.3) is 0 Å². The Hall–Kier alpha value is -1.16. The second-order valence-corrected chi connectivity index (χ2v) is 5.51. The summed E-state index contributed by atoms with van der Waals surface area (Å²) in [5, 5.41) is 0.191. The molecule has 0 aliphatic carbocycles. The van der Waals surface area contributed by atoms with Gasteiger partial charge < -0.3 is 9.47 Å². The average molecular weight is 252 g/mol. The van der Waals surface area contributed by atoms with Crippen LogP contribution in [0.2, 0.25) is 0 Å². The van der Waals surface area contributed by atoms with Crippen molar-refractivity contribution < 1.29 is 14.3 Å². The maximum atomic E-state index is 11.4. The Kier molecular flexibility index (Phi) is 3.94. The normalized spacial score (nSPS) is 21.1. The fourth-order valence-electron chi connectivity index (χ4n) is 1.92. The smallest absolute Gasteiger partial charge is 0.319 e. The molecule has 1 aromatic carbocycles. The first-order chi connectivity index (χ1) is 8.22. The number of carbonyl (C=O) groups excluding carboxylic acids is 1. The zero-order valence-electron chi connectivity index (χ0n) is 10.0. The topological polar surface area (TPSA) is 35.5 Å². The van der Waals surface area contributed by atoms with E-state index in [2.05, 4.69) is 6.92 Å². The van der Waals surface area contributed by atoms with E-state index in [9.17, 15) is 4.79 Å². The number of esters is 1. The summed E-state index contributed by atoms with van der Waals surface area (Å²) in [7, 11) is 1.67. The minimum absolute atomic E-state index is 0.0325. The number of hydrogen-bond donors (Lipinski definition) is 0. The standard InChI is InChI=1S/C13H16O3S/c1-9(17-12-7-8-16-13(12)14)10-5-3-4-6-11(10)15-2/h3-6,9,12H,7-8H2,1-2H3. The van der Waals surface area contributed by atoms with E-state index in [0.29, 0.717) is 6.61 Å². The third-order valence-electron chi connectivity index (χ3n) is 2.83. The Morgan fingerprint density at radius 2 is 2.24 bits per heavy atom. The Balaban J connectivity index is 2.08. The summed E-state index contributed by atoms with van der Waals surface area (Å²) in [6.45, 7) is 2.64. The van der Waals surface area contributed by atoms with Crippen molar-refractivity contribution in [2.24, 2.45) is 0 Å². The first-order valence-electron chi connectivity index (χ1n) is 5.67. The second-order valence-electron chi connectivity index (χ2n) is 3.97. The van der Waals surface area contributed by atoms with Gasteiger partial charge in [-0.25, -0.2) is 0 Å². The van der Waals surface area contributed by atoms with Gasteiger partial charge in [0.15, 0.2) is 0 Å². The summed E-state index contributed by atoms with van der Waals surface area (Å²) in [6.07, 6.45) is 0.809. The third-order valence-corrected chi connectivity index (χ3v) is 4.25. The highest BCUT2D eigenvalue weighted by Gasteiger charge is 2.29. The molecule has 2 unspecified atom stereocenters. The van der Waals surface area contributed by atoms with E-state index < -0.39 is 0 Å². The zero-order valence-corrected chi connectivity index (χ0v) is 10.8. The summed E-state index contributed by atoms with van der Waals surface area (Å²) >= 11 is 1.64. The van der Waals surface area contributed by atoms with Gasteiger partial charge in [0, 0.05) is 17.2 Å². The van der Waals surface area contributed by atoms with Gasteiger partial charge in [-0.1, -0.05) is 18.2 Å². The maximum Gasteiger partial charge on any atom is 0.319 e. The zero-order chi connectivity index (χ0) is 12.3. The Bertz CT molecular complexity index is 405. The molecule has 17 heavy (non-hydrogen) atoms. The minimum atomic E-state index is -0.0863. The van der Waals surface area contributed by atoms with Gasteiger partial charge in [0.05, 0.1) is 13.7 Å². The van der Waals surface area contributed by atoms with Crippen LogP contribution in [0.5, 0.6) is 5.75 Å². The van der Waals surface area contributed by atoms with Crippen LogP contribution in [-0.2, 0) is 9.53 Å².